The van der Waals surface area contributed by atoms with Crippen LogP contribution < -0.4 is 0 Å². The zero-order valence-corrected chi connectivity index (χ0v) is 16.6. The van der Waals surface area contributed by atoms with Crippen molar-refractivity contribution in [2.24, 2.45) is 5.41 Å². The molecule has 0 aliphatic carbocycles. The average Bonchev–Trinajstić information content (AvgIpc) is 2.90. The Kier molecular flexibility index (Phi) is 5.88. The molecule has 7 nitrogen and oxygen atoms in total. The number of hydrazine groups is 1. The van der Waals surface area contributed by atoms with E-state index in [0.717, 1.165) is 17.3 Å². The Morgan fingerprint density at radius 3 is 2.57 bits per heavy atom. The molecule has 0 N–H and O–H groups in total. The van der Waals surface area contributed by atoms with Gasteiger partial charge in [-0.1, -0.05) is 54.2 Å². The van der Waals surface area contributed by atoms with E-state index in [2.05, 4.69) is 0 Å². The summed E-state index contributed by atoms with van der Waals surface area (Å²) in [7, 11) is 1.25. The molecule has 0 bridgehead atoms. The largest absolute Gasteiger partial charge is 0.467 e. The molecule has 148 valence electrons. The normalized spacial score (nSPS) is 23.7. The molecule has 2 heterocycles. The van der Waals surface area contributed by atoms with E-state index in [1.807, 2.05) is 30.3 Å². The molecule has 0 aromatic heterocycles. The zero-order valence-electron chi connectivity index (χ0n) is 15.8. The number of esters is 1. The Labute approximate surface area is 167 Å². The van der Waals surface area contributed by atoms with Crippen LogP contribution in [0.2, 0.25) is 0 Å². The number of rotatable bonds is 6. The molecule has 28 heavy (non-hydrogen) atoms. The van der Waals surface area contributed by atoms with E-state index in [1.165, 1.54) is 24.1 Å². The lowest BCUT2D eigenvalue weighted by Crippen LogP contribution is -2.52. The van der Waals surface area contributed by atoms with Crippen LogP contribution in [0.4, 0.5) is 0 Å². The molecule has 2 aliphatic rings. The van der Waals surface area contributed by atoms with Gasteiger partial charge in [0.05, 0.1) is 13.7 Å². The molecule has 1 fully saturated rings. The number of carbonyl (C=O) groups excluding carboxylic acids is 4. The van der Waals surface area contributed by atoms with Crippen LogP contribution in [0, 0.1) is 5.41 Å². The van der Waals surface area contributed by atoms with Gasteiger partial charge in [0.2, 0.25) is 0 Å². The number of methoxy groups -OCH3 is 1. The van der Waals surface area contributed by atoms with Crippen molar-refractivity contribution in [3.63, 3.8) is 0 Å². The number of thioether (sulfide) groups is 1. The van der Waals surface area contributed by atoms with Gasteiger partial charge in [-0.05, 0) is 18.4 Å². The zero-order chi connectivity index (χ0) is 20.3. The molecule has 3 rings (SSSR count). The van der Waals surface area contributed by atoms with Crippen molar-refractivity contribution in [3.05, 3.63) is 48.0 Å². The van der Waals surface area contributed by atoms with Crippen molar-refractivity contribution in [1.82, 2.24) is 10.0 Å². The molecule has 1 aromatic carbocycles. The Morgan fingerprint density at radius 2 is 1.93 bits per heavy atom. The van der Waals surface area contributed by atoms with Crippen LogP contribution >= 0.6 is 11.8 Å². The smallest absolute Gasteiger partial charge is 0.334 e. The second-order valence-electron chi connectivity index (χ2n) is 6.77. The maximum Gasteiger partial charge on any atom is 0.334 e. The molecular weight excluding hydrogens is 380 g/mol. The summed E-state index contributed by atoms with van der Waals surface area (Å²) in [6.45, 7) is 1.67. The van der Waals surface area contributed by atoms with Crippen molar-refractivity contribution in [3.8, 4) is 0 Å². The Hall–Kier alpha value is -2.61. The van der Waals surface area contributed by atoms with E-state index in [-0.39, 0.29) is 30.4 Å². The van der Waals surface area contributed by atoms with Gasteiger partial charge in [-0.3, -0.25) is 14.4 Å². The first-order chi connectivity index (χ1) is 13.4. The summed E-state index contributed by atoms with van der Waals surface area (Å²) in [5, 5.41) is 2.47. The van der Waals surface area contributed by atoms with Crippen molar-refractivity contribution < 1.29 is 23.9 Å². The molecule has 1 saturated heterocycles. The quantitative estimate of drug-likeness (QED) is 0.408. The summed E-state index contributed by atoms with van der Waals surface area (Å²) in [6.07, 6.45) is 3.69. The average molecular weight is 402 g/mol. The number of ether oxygens (including phenoxy) is 1. The first kappa shape index (κ1) is 20.1. The molecule has 8 heteroatoms. The maximum absolute atomic E-state index is 13.5. The minimum atomic E-state index is -1.35. The standard InChI is InChI=1S/C20H22N2O5S/c1-14(23)28-12-10-20(13-15-7-4-3-5-8-15)18(25)21-11-6-9-16(17(24)27-2)22(21)19(20)26/h3-9,16H,10-13H2,1-2H3. The van der Waals surface area contributed by atoms with E-state index < -0.39 is 23.3 Å². The molecule has 0 saturated carbocycles. The second kappa shape index (κ2) is 8.18. The van der Waals surface area contributed by atoms with Gasteiger partial charge in [0.15, 0.2) is 11.2 Å². The number of benzene rings is 1. The summed E-state index contributed by atoms with van der Waals surface area (Å²) in [5.74, 6) is -1.03. The highest BCUT2D eigenvalue weighted by molar-refractivity contribution is 8.13. The van der Waals surface area contributed by atoms with Crippen LogP contribution in [-0.2, 0) is 30.3 Å². The van der Waals surface area contributed by atoms with Gasteiger partial charge >= 0.3 is 5.97 Å². The van der Waals surface area contributed by atoms with Crippen molar-refractivity contribution in [2.75, 3.05) is 19.4 Å². The van der Waals surface area contributed by atoms with Gasteiger partial charge in [-0.25, -0.2) is 14.8 Å². The van der Waals surface area contributed by atoms with Crippen LogP contribution in [0.15, 0.2) is 42.5 Å². The third-order valence-corrected chi connectivity index (χ3v) is 5.82. The van der Waals surface area contributed by atoms with Crippen LogP contribution in [0.3, 0.4) is 0 Å². The fourth-order valence-electron chi connectivity index (χ4n) is 3.65. The lowest BCUT2D eigenvalue weighted by atomic mass is 9.78. The van der Waals surface area contributed by atoms with Gasteiger partial charge < -0.3 is 4.74 Å². The molecule has 2 unspecified atom stereocenters. The van der Waals surface area contributed by atoms with Gasteiger partial charge in [-0.2, -0.15) is 0 Å². The minimum Gasteiger partial charge on any atom is -0.467 e. The fraction of sp³-hybridized carbons (Fsp3) is 0.400. The Bertz CT molecular complexity index is 825. The molecule has 2 atom stereocenters. The van der Waals surface area contributed by atoms with E-state index in [4.69, 9.17) is 4.74 Å². The molecule has 2 aliphatic heterocycles. The predicted molar refractivity (Wildman–Crippen MR) is 104 cm³/mol. The minimum absolute atomic E-state index is 0.0695. The highest BCUT2D eigenvalue weighted by atomic mass is 32.2. The van der Waals surface area contributed by atoms with E-state index in [1.54, 1.807) is 12.2 Å². The van der Waals surface area contributed by atoms with E-state index >= 15 is 0 Å². The van der Waals surface area contributed by atoms with E-state index in [0.29, 0.717) is 5.75 Å². The summed E-state index contributed by atoms with van der Waals surface area (Å²) in [5.41, 5.74) is -0.497. The van der Waals surface area contributed by atoms with Crippen molar-refractivity contribution in [1.29, 1.82) is 0 Å². The first-order valence-electron chi connectivity index (χ1n) is 8.98. The Balaban J connectivity index is 1.98. The van der Waals surface area contributed by atoms with Crippen molar-refractivity contribution in [2.45, 2.75) is 25.8 Å². The highest BCUT2D eigenvalue weighted by Crippen LogP contribution is 2.41. The van der Waals surface area contributed by atoms with Crippen LogP contribution in [0.5, 0.6) is 0 Å². The van der Waals surface area contributed by atoms with Gasteiger partial charge in [0, 0.05) is 12.7 Å². The molecule has 0 radical (unpaired) electrons. The molecule has 0 spiro atoms. The number of amides is 2. The Morgan fingerprint density at radius 1 is 1.21 bits per heavy atom. The van der Waals surface area contributed by atoms with Gasteiger partial charge in [-0.15, -0.1) is 0 Å². The van der Waals surface area contributed by atoms with Crippen LogP contribution in [0.25, 0.3) is 0 Å². The number of hydrogen-bond acceptors (Lipinski definition) is 6. The summed E-state index contributed by atoms with van der Waals surface area (Å²) in [4.78, 5) is 50.5. The molecular formula is C20H22N2O5S. The summed E-state index contributed by atoms with van der Waals surface area (Å²) < 4.78 is 4.81. The number of carbonyl (C=O) groups is 4. The van der Waals surface area contributed by atoms with Crippen molar-refractivity contribution >= 4 is 34.7 Å². The topological polar surface area (TPSA) is 84.0 Å². The monoisotopic (exact) mass is 402 g/mol. The second-order valence-corrected chi connectivity index (χ2v) is 8.04. The highest BCUT2D eigenvalue weighted by Gasteiger charge is 2.60. The van der Waals surface area contributed by atoms with Crippen LogP contribution in [-0.4, -0.2) is 58.4 Å². The summed E-state index contributed by atoms with van der Waals surface area (Å²) in [6, 6.07) is 8.33. The molecule has 2 amide bonds. The maximum atomic E-state index is 13.5. The predicted octanol–water partition coefficient (Wildman–Crippen LogP) is 1.58. The third-order valence-electron chi connectivity index (χ3n) is 5.01. The lowest BCUT2D eigenvalue weighted by molar-refractivity contribution is -0.163. The van der Waals surface area contributed by atoms with Gasteiger partial charge in [0.1, 0.15) is 5.41 Å². The first-order valence-corrected chi connectivity index (χ1v) is 9.96. The third kappa shape index (κ3) is 3.56. The number of hydrogen-bond donors (Lipinski definition) is 0. The lowest BCUT2D eigenvalue weighted by Gasteiger charge is -2.33. The van der Waals surface area contributed by atoms with E-state index in [9.17, 15) is 19.2 Å². The van der Waals surface area contributed by atoms with Crippen LogP contribution in [0.1, 0.15) is 18.9 Å². The molecule has 1 aromatic rings. The fourth-order valence-corrected chi connectivity index (χ4v) is 4.39. The summed E-state index contributed by atoms with van der Waals surface area (Å²) >= 11 is 1.09. The van der Waals surface area contributed by atoms with Gasteiger partial charge in [0.25, 0.3) is 11.8 Å². The SMILES string of the molecule is COC(=O)C1C=CCN2C(=O)C(CCSC(C)=O)(Cc3ccccc3)C(=O)N12. The number of fused-ring (bicyclic) bond motifs is 1. The number of nitrogens with zero attached hydrogens (tertiary/aromatic N) is 2.